The van der Waals surface area contributed by atoms with Crippen molar-refractivity contribution in [3.05, 3.63) is 63.6 Å². The Morgan fingerprint density at radius 1 is 1.07 bits per heavy atom. The van der Waals surface area contributed by atoms with Gasteiger partial charge in [-0.25, -0.2) is 9.18 Å². The number of ether oxygens (including phenoxy) is 2. The summed E-state index contributed by atoms with van der Waals surface area (Å²) >= 11 is 0. The van der Waals surface area contributed by atoms with Gasteiger partial charge in [-0.2, -0.15) is 17.9 Å². The number of aromatic nitrogens is 3. The minimum atomic E-state index is -4.65. The molecule has 8 nitrogen and oxygen atoms in total. The minimum Gasteiger partial charge on any atom is -0.495 e. The largest absolute Gasteiger partial charge is 0.495 e. The Morgan fingerprint density at radius 3 is 2.51 bits per heavy atom. The lowest BCUT2D eigenvalue weighted by Crippen LogP contribution is -2.28. The molecule has 1 aliphatic heterocycles. The molecule has 1 fully saturated rings. The number of halogens is 4. The van der Waals surface area contributed by atoms with Crippen molar-refractivity contribution in [1.29, 1.82) is 0 Å². The summed E-state index contributed by atoms with van der Waals surface area (Å²) in [6.07, 6.45) is 2.37. The van der Waals surface area contributed by atoms with E-state index in [1.54, 1.807) is 0 Å². The van der Waals surface area contributed by atoms with Crippen LogP contribution in [-0.2, 0) is 19.1 Å². The molecule has 0 unspecified atom stereocenters. The van der Waals surface area contributed by atoms with Crippen molar-refractivity contribution < 1.29 is 31.8 Å². The van der Waals surface area contributed by atoms with E-state index in [0.717, 1.165) is 73.9 Å². The van der Waals surface area contributed by atoms with Gasteiger partial charge in [0.05, 0.1) is 30.0 Å². The number of alkyl halides is 3. The molecule has 0 saturated heterocycles. The fraction of sp³-hybridized carbons (Fsp3) is 0.483. The van der Waals surface area contributed by atoms with Gasteiger partial charge < -0.3 is 14.8 Å². The Bertz CT molecular complexity index is 1490. The summed E-state index contributed by atoms with van der Waals surface area (Å²) in [5, 5.41) is 6.76. The van der Waals surface area contributed by atoms with Gasteiger partial charge in [0.2, 0.25) is 0 Å². The SMILES string of the molecule is COc1ccc(C(F)(F)F)cc1NC(=O)c1cc(F)c(-n2nc3n(c2=O)CCCC3)cc1O[C@@H](C)C1CCCCC1. The third-order valence-corrected chi connectivity index (χ3v) is 7.89. The topological polar surface area (TPSA) is 87.4 Å². The average molecular weight is 577 g/mol. The van der Waals surface area contributed by atoms with Crippen molar-refractivity contribution in [2.45, 2.75) is 77.1 Å². The number of carbonyl (C=O) groups is 1. The van der Waals surface area contributed by atoms with Gasteiger partial charge in [-0.3, -0.25) is 9.36 Å². The van der Waals surface area contributed by atoms with Crippen LogP contribution in [0.2, 0.25) is 0 Å². The van der Waals surface area contributed by atoms with Crippen molar-refractivity contribution in [2.75, 3.05) is 12.4 Å². The van der Waals surface area contributed by atoms with Crippen LogP contribution < -0.4 is 20.5 Å². The summed E-state index contributed by atoms with van der Waals surface area (Å²) in [5.74, 6) is -1.04. The number of methoxy groups -OCH3 is 1. The predicted octanol–water partition coefficient (Wildman–Crippen LogP) is 6.14. The highest BCUT2D eigenvalue weighted by atomic mass is 19.4. The lowest BCUT2D eigenvalue weighted by Gasteiger charge is -2.29. The van der Waals surface area contributed by atoms with E-state index in [1.807, 2.05) is 6.92 Å². The van der Waals surface area contributed by atoms with Crippen LogP contribution in [0, 0.1) is 11.7 Å². The van der Waals surface area contributed by atoms with Crippen LogP contribution in [0.5, 0.6) is 11.5 Å². The zero-order valence-electron chi connectivity index (χ0n) is 22.9. The summed E-state index contributed by atoms with van der Waals surface area (Å²) in [5.41, 5.74) is -2.11. The number of nitrogens with one attached hydrogen (secondary N) is 1. The molecule has 12 heteroatoms. The van der Waals surface area contributed by atoms with Crippen LogP contribution in [0.1, 0.15) is 73.6 Å². The first kappa shape index (κ1) is 28.7. The van der Waals surface area contributed by atoms with E-state index in [4.69, 9.17) is 9.47 Å². The molecule has 0 bridgehead atoms. The van der Waals surface area contributed by atoms with Crippen molar-refractivity contribution in [3.8, 4) is 17.2 Å². The van der Waals surface area contributed by atoms with E-state index in [2.05, 4.69) is 10.4 Å². The first-order valence-corrected chi connectivity index (χ1v) is 13.8. The molecule has 1 amide bonds. The number of carbonyl (C=O) groups excluding carboxylic acids is 1. The molecule has 1 saturated carbocycles. The number of nitrogens with zero attached hydrogens (tertiary/aromatic N) is 3. The van der Waals surface area contributed by atoms with Crippen LogP contribution in [0.15, 0.2) is 35.1 Å². The van der Waals surface area contributed by atoms with Gasteiger partial charge >= 0.3 is 11.9 Å². The summed E-state index contributed by atoms with van der Waals surface area (Å²) in [6, 6.07) is 4.89. The highest BCUT2D eigenvalue weighted by Gasteiger charge is 2.32. The summed E-state index contributed by atoms with van der Waals surface area (Å²) in [6.45, 7) is 2.36. The third kappa shape index (κ3) is 5.96. The molecule has 41 heavy (non-hydrogen) atoms. The van der Waals surface area contributed by atoms with E-state index in [0.29, 0.717) is 18.8 Å². The van der Waals surface area contributed by atoms with Gasteiger partial charge in [0.15, 0.2) is 0 Å². The second kappa shape index (κ2) is 11.6. The maximum atomic E-state index is 15.6. The molecule has 5 rings (SSSR count). The van der Waals surface area contributed by atoms with E-state index in [9.17, 15) is 22.8 Å². The lowest BCUT2D eigenvalue weighted by molar-refractivity contribution is -0.137. The van der Waals surface area contributed by atoms with E-state index < -0.39 is 29.2 Å². The number of aryl methyl sites for hydroxylation is 1. The number of benzene rings is 2. The summed E-state index contributed by atoms with van der Waals surface area (Å²) < 4.78 is 69.6. The molecule has 3 aromatic rings. The first-order valence-electron chi connectivity index (χ1n) is 13.8. The van der Waals surface area contributed by atoms with Crippen LogP contribution in [0.3, 0.4) is 0 Å². The fourth-order valence-electron chi connectivity index (χ4n) is 5.61. The van der Waals surface area contributed by atoms with Crippen LogP contribution >= 0.6 is 0 Å². The number of hydrogen-bond donors (Lipinski definition) is 1. The standard InChI is InChI=1S/C29H32F4N4O4/c1-17(18-8-4-3-5-9-18)41-25-16-23(37-28(39)36-13-7-6-10-26(36)35-37)21(30)15-20(25)27(38)34-22-14-19(29(31,32)33)11-12-24(22)40-2/h11-12,14-18H,3-10,13H2,1-2H3,(H,34,38)/t17-/m0/s1. The highest BCUT2D eigenvalue weighted by molar-refractivity contribution is 6.07. The normalized spacial score (nSPS) is 16.6. The Labute approximate surface area is 234 Å². The molecule has 2 aromatic carbocycles. The Morgan fingerprint density at radius 2 is 1.83 bits per heavy atom. The molecule has 1 aromatic heterocycles. The molecule has 0 radical (unpaired) electrons. The molecule has 0 spiro atoms. The van der Waals surface area contributed by atoms with Gasteiger partial charge in [-0.1, -0.05) is 19.3 Å². The average Bonchev–Trinajstić information content (AvgIpc) is 3.29. The second-order valence-corrected chi connectivity index (χ2v) is 10.6. The predicted molar refractivity (Wildman–Crippen MR) is 143 cm³/mol. The van der Waals surface area contributed by atoms with Crippen molar-refractivity contribution in [1.82, 2.24) is 14.3 Å². The van der Waals surface area contributed by atoms with E-state index >= 15 is 4.39 Å². The zero-order chi connectivity index (χ0) is 29.3. The smallest absolute Gasteiger partial charge is 0.416 e. The molecule has 220 valence electrons. The van der Waals surface area contributed by atoms with Gasteiger partial charge in [-0.05, 0) is 62.8 Å². The number of hydrogen-bond acceptors (Lipinski definition) is 5. The van der Waals surface area contributed by atoms with Crippen LogP contribution in [-0.4, -0.2) is 33.5 Å². The summed E-state index contributed by atoms with van der Waals surface area (Å²) in [7, 11) is 1.26. The molecular formula is C29H32F4N4O4. The Balaban J connectivity index is 1.55. The minimum absolute atomic E-state index is 0.000730. The second-order valence-electron chi connectivity index (χ2n) is 10.6. The van der Waals surface area contributed by atoms with Crippen LogP contribution in [0.25, 0.3) is 5.69 Å². The summed E-state index contributed by atoms with van der Waals surface area (Å²) in [4.78, 5) is 26.5. The molecule has 2 heterocycles. The lowest BCUT2D eigenvalue weighted by atomic mass is 9.86. The molecule has 1 atom stereocenters. The van der Waals surface area contributed by atoms with Gasteiger partial charge in [0, 0.05) is 19.0 Å². The molecule has 2 aliphatic rings. The van der Waals surface area contributed by atoms with Crippen molar-refractivity contribution in [2.24, 2.45) is 5.92 Å². The quantitative estimate of drug-likeness (QED) is 0.342. The Kier molecular flexibility index (Phi) is 8.10. The molecular weight excluding hydrogens is 544 g/mol. The molecule has 1 aliphatic carbocycles. The fourth-order valence-corrected chi connectivity index (χ4v) is 5.61. The van der Waals surface area contributed by atoms with E-state index in [-0.39, 0.29) is 40.5 Å². The van der Waals surface area contributed by atoms with Gasteiger partial charge in [0.1, 0.15) is 28.8 Å². The monoisotopic (exact) mass is 576 g/mol. The van der Waals surface area contributed by atoms with Crippen LogP contribution in [0.4, 0.5) is 23.2 Å². The zero-order valence-corrected chi connectivity index (χ0v) is 22.9. The van der Waals surface area contributed by atoms with Gasteiger partial charge in [-0.15, -0.1) is 5.10 Å². The van der Waals surface area contributed by atoms with E-state index in [1.165, 1.54) is 17.7 Å². The van der Waals surface area contributed by atoms with Crippen molar-refractivity contribution >= 4 is 11.6 Å². The number of rotatable bonds is 7. The first-order chi connectivity index (χ1) is 19.6. The third-order valence-electron chi connectivity index (χ3n) is 7.89. The maximum Gasteiger partial charge on any atom is 0.416 e. The van der Waals surface area contributed by atoms with Gasteiger partial charge in [0.25, 0.3) is 5.91 Å². The number of anilines is 1. The number of fused-ring (bicyclic) bond motifs is 1. The maximum absolute atomic E-state index is 15.6. The Hall–Kier alpha value is -3.83. The van der Waals surface area contributed by atoms with Crippen molar-refractivity contribution in [3.63, 3.8) is 0 Å². The highest BCUT2D eigenvalue weighted by Crippen LogP contribution is 2.36. The molecule has 1 N–H and O–H groups in total. The number of amides is 1.